The Morgan fingerprint density at radius 1 is 1.24 bits per heavy atom. The van der Waals surface area contributed by atoms with Gasteiger partial charge in [-0.15, -0.1) is 0 Å². The molecule has 2 amide bonds. The summed E-state index contributed by atoms with van der Waals surface area (Å²) < 4.78 is 0. The van der Waals surface area contributed by atoms with Crippen molar-refractivity contribution >= 4 is 29.5 Å². The first-order valence-electron chi connectivity index (χ1n) is 6.74. The molecule has 1 aliphatic heterocycles. The molecule has 0 unspecified atom stereocenters. The molecular formula is C15H15NO4S. The first-order chi connectivity index (χ1) is 10.1. The van der Waals surface area contributed by atoms with E-state index in [0.29, 0.717) is 5.06 Å². The lowest BCUT2D eigenvalue weighted by Gasteiger charge is -2.16. The zero-order chi connectivity index (χ0) is 15.0. The third-order valence-electron chi connectivity index (χ3n) is 3.88. The first-order valence-corrected chi connectivity index (χ1v) is 8.13. The van der Waals surface area contributed by atoms with Gasteiger partial charge in [0.15, 0.2) is 0 Å². The van der Waals surface area contributed by atoms with Crippen LogP contribution < -0.4 is 0 Å². The molecule has 0 aromatic heterocycles. The van der Waals surface area contributed by atoms with Gasteiger partial charge in [0.05, 0.1) is 17.5 Å². The minimum Gasteiger partial charge on any atom is -0.330 e. The minimum atomic E-state index is -0.571. The standard InChI is InChI=1S/C15H15NO4S/c1-21-9-15(6-7-15)8-12(17)20-16-13(18)10-4-2-3-5-11(10)14(16)19/h2-5H,6-9H2,1H3. The summed E-state index contributed by atoms with van der Waals surface area (Å²) in [7, 11) is 0. The highest BCUT2D eigenvalue weighted by Crippen LogP contribution is 2.51. The first kappa shape index (κ1) is 14.1. The smallest absolute Gasteiger partial charge is 0.330 e. The Morgan fingerprint density at radius 3 is 2.29 bits per heavy atom. The van der Waals surface area contributed by atoms with E-state index in [1.54, 1.807) is 36.0 Å². The summed E-state index contributed by atoms with van der Waals surface area (Å²) in [6, 6.07) is 6.46. The van der Waals surface area contributed by atoms with E-state index in [1.165, 1.54) is 0 Å². The molecule has 0 saturated heterocycles. The second kappa shape index (κ2) is 5.18. The van der Waals surface area contributed by atoms with Gasteiger partial charge in [-0.3, -0.25) is 9.59 Å². The molecule has 0 spiro atoms. The number of rotatable bonds is 5. The SMILES string of the molecule is CSCC1(CC(=O)ON2C(=O)c3ccccc3C2=O)CC1. The van der Waals surface area contributed by atoms with Gasteiger partial charge in [0.25, 0.3) is 11.8 Å². The molecule has 110 valence electrons. The molecule has 6 heteroatoms. The van der Waals surface area contributed by atoms with Gasteiger partial charge >= 0.3 is 5.97 Å². The molecule has 1 fully saturated rings. The van der Waals surface area contributed by atoms with E-state index < -0.39 is 17.8 Å². The fourth-order valence-corrected chi connectivity index (χ4v) is 3.55. The van der Waals surface area contributed by atoms with Crippen LogP contribution in [0.15, 0.2) is 24.3 Å². The number of fused-ring (bicyclic) bond motifs is 1. The van der Waals surface area contributed by atoms with Gasteiger partial charge in [0, 0.05) is 0 Å². The van der Waals surface area contributed by atoms with Crippen LogP contribution in [0.4, 0.5) is 0 Å². The maximum absolute atomic E-state index is 12.1. The van der Waals surface area contributed by atoms with E-state index in [1.807, 2.05) is 6.26 Å². The van der Waals surface area contributed by atoms with Crippen molar-refractivity contribution in [2.24, 2.45) is 5.41 Å². The summed E-state index contributed by atoms with van der Waals surface area (Å²) in [5, 5.41) is 0.585. The largest absolute Gasteiger partial charge is 0.333 e. The van der Waals surface area contributed by atoms with Crippen molar-refractivity contribution in [2.75, 3.05) is 12.0 Å². The van der Waals surface area contributed by atoms with Gasteiger partial charge in [0.2, 0.25) is 0 Å². The van der Waals surface area contributed by atoms with E-state index in [4.69, 9.17) is 4.84 Å². The third-order valence-corrected chi connectivity index (χ3v) is 4.78. The number of hydroxylamine groups is 2. The Labute approximate surface area is 126 Å². The Hall–Kier alpha value is -1.82. The number of hydrogen-bond acceptors (Lipinski definition) is 5. The van der Waals surface area contributed by atoms with Gasteiger partial charge in [-0.2, -0.15) is 11.8 Å². The van der Waals surface area contributed by atoms with Crippen molar-refractivity contribution in [2.45, 2.75) is 19.3 Å². The molecule has 0 N–H and O–H groups in total. The van der Waals surface area contributed by atoms with Gasteiger partial charge in [-0.25, -0.2) is 4.79 Å². The van der Waals surface area contributed by atoms with E-state index in [2.05, 4.69) is 0 Å². The Bertz CT molecular complexity index is 589. The van der Waals surface area contributed by atoms with Crippen LogP contribution in [0.5, 0.6) is 0 Å². The number of amides is 2. The van der Waals surface area contributed by atoms with Crippen LogP contribution in [0.25, 0.3) is 0 Å². The highest BCUT2D eigenvalue weighted by molar-refractivity contribution is 7.98. The summed E-state index contributed by atoms with van der Waals surface area (Å²) in [4.78, 5) is 41.2. The summed E-state index contributed by atoms with van der Waals surface area (Å²) >= 11 is 1.69. The lowest BCUT2D eigenvalue weighted by molar-refractivity contribution is -0.169. The maximum atomic E-state index is 12.1. The van der Waals surface area contributed by atoms with Gasteiger partial charge < -0.3 is 4.84 Å². The number of nitrogens with zero attached hydrogens (tertiary/aromatic N) is 1. The Balaban J connectivity index is 1.68. The fraction of sp³-hybridized carbons (Fsp3) is 0.400. The molecule has 1 aliphatic carbocycles. The number of thioether (sulfide) groups is 1. The molecule has 2 aliphatic rings. The lowest BCUT2D eigenvalue weighted by atomic mass is 10.1. The quantitative estimate of drug-likeness (QED) is 0.781. The molecule has 0 atom stereocenters. The van der Waals surface area contributed by atoms with Crippen LogP contribution >= 0.6 is 11.8 Å². The van der Waals surface area contributed by atoms with Gasteiger partial charge in [-0.1, -0.05) is 17.2 Å². The number of hydrogen-bond donors (Lipinski definition) is 0. The van der Waals surface area contributed by atoms with E-state index >= 15 is 0 Å². The molecule has 3 rings (SSSR count). The average molecular weight is 305 g/mol. The summed E-state index contributed by atoms with van der Waals surface area (Å²) in [6.45, 7) is 0. The predicted octanol–water partition coefficient (Wildman–Crippen LogP) is 2.27. The second-order valence-electron chi connectivity index (χ2n) is 5.52. The zero-order valence-corrected chi connectivity index (χ0v) is 12.4. The Kier molecular flexibility index (Phi) is 3.49. The molecule has 1 aromatic rings. The molecule has 0 radical (unpaired) electrons. The monoisotopic (exact) mass is 305 g/mol. The molecule has 1 heterocycles. The molecule has 21 heavy (non-hydrogen) atoms. The summed E-state index contributed by atoms with van der Waals surface area (Å²) in [5.41, 5.74) is 0.552. The third kappa shape index (κ3) is 2.55. The van der Waals surface area contributed by atoms with Crippen LogP contribution in [-0.2, 0) is 9.63 Å². The number of benzene rings is 1. The fourth-order valence-electron chi connectivity index (χ4n) is 2.55. The molecule has 5 nitrogen and oxygen atoms in total. The Morgan fingerprint density at radius 2 is 1.81 bits per heavy atom. The molecule has 0 bridgehead atoms. The number of carbonyl (C=O) groups excluding carboxylic acids is 3. The lowest BCUT2D eigenvalue weighted by Crippen LogP contribution is -2.33. The van der Waals surface area contributed by atoms with Crippen molar-refractivity contribution < 1.29 is 19.2 Å². The van der Waals surface area contributed by atoms with Gasteiger partial charge in [0.1, 0.15) is 0 Å². The highest BCUT2D eigenvalue weighted by atomic mass is 32.2. The summed E-state index contributed by atoms with van der Waals surface area (Å²) in [6.07, 6.45) is 4.23. The van der Waals surface area contributed by atoms with Crippen LogP contribution in [0, 0.1) is 5.41 Å². The number of carbonyl (C=O) groups is 3. The molecular weight excluding hydrogens is 290 g/mol. The van der Waals surface area contributed by atoms with E-state index in [9.17, 15) is 14.4 Å². The second-order valence-corrected chi connectivity index (χ2v) is 6.39. The van der Waals surface area contributed by atoms with Crippen molar-refractivity contribution in [1.82, 2.24) is 5.06 Å². The predicted molar refractivity (Wildman–Crippen MR) is 77.7 cm³/mol. The van der Waals surface area contributed by atoms with Crippen molar-refractivity contribution in [3.8, 4) is 0 Å². The van der Waals surface area contributed by atoms with E-state index in [-0.39, 0.29) is 23.0 Å². The average Bonchev–Trinajstić information content (AvgIpc) is 3.18. The van der Waals surface area contributed by atoms with Crippen molar-refractivity contribution in [3.63, 3.8) is 0 Å². The normalized spacial score (nSPS) is 18.6. The highest BCUT2D eigenvalue weighted by Gasteiger charge is 2.46. The topological polar surface area (TPSA) is 63.7 Å². The number of imide groups is 1. The summed E-state index contributed by atoms with van der Waals surface area (Å²) in [5.74, 6) is -0.766. The van der Waals surface area contributed by atoms with E-state index in [0.717, 1.165) is 18.6 Å². The van der Waals surface area contributed by atoms with Crippen LogP contribution in [0.1, 0.15) is 40.0 Å². The molecule has 1 aromatic carbocycles. The van der Waals surface area contributed by atoms with Crippen LogP contribution in [-0.4, -0.2) is 34.9 Å². The van der Waals surface area contributed by atoms with Crippen molar-refractivity contribution in [3.05, 3.63) is 35.4 Å². The maximum Gasteiger partial charge on any atom is 0.333 e. The van der Waals surface area contributed by atoms with Crippen molar-refractivity contribution in [1.29, 1.82) is 0 Å². The van der Waals surface area contributed by atoms with Gasteiger partial charge in [-0.05, 0) is 42.4 Å². The van der Waals surface area contributed by atoms with Crippen LogP contribution in [0.3, 0.4) is 0 Å². The zero-order valence-electron chi connectivity index (χ0n) is 11.6. The minimum absolute atomic E-state index is 0.00479. The molecule has 1 saturated carbocycles. The van der Waals surface area contributed by atoms with Crippen LogP contribution in [0.2, 0.25) is 0 Å².